The molecule has 0 aliphatic carbocycles. The third-order valence-electron chi connectivity index (χ3n) is 3.83. The molecule has 0 bridgehead atoms. The summed E-state index contributed by atoms with van der Waals surface area (Å²) in [4.78, 5) is 30.3. The average Bonchev–Trinajstić information content (AvgIpc) is 2.46. The number of carbonyl (C=O) groups excluding carboxylic acids is 2. The van der Waals surface area contributed by atoms with Crippen molar-refractivity contribution in [1.29, 1.82) is 0 Å². The third kappa shape index (κ3) is 4.83. The lowest BCUT2D eigenvalue weighted by Crippen LogP contribution is -2.42. The molecule has 0 saturated carbocycles. The van der Waals surface area contributed by atoms with Gasteiger partial charge in [0, 0.05) is 31.6 Å². The van der Waals surface area contributed by atoms with Gasteiger partial charge in [-0.2, -0.15) is 0 Å². The Morgan fingerprint density at radius 3 is 2.55 bits per heavy atom. The summed E-state index contributed by atoms with van der Waals surface area (Å²) >= 11 is 0. The Balaban J connectivity index is 1.82. The van der Waals surface area contributed by atoms with Crippen molar-refractivity contribution in [1.82, 2.24) is 9.88 Å². The van der Waals surface area contributed by atoms with Gasteiger partial charge in [-0.25, -0.2) is 0 Å². The monoisotopic (exact) mass is 303 g/mol. The van der Waals surface area contributed by atoms with Gasteiger partial charge in [0.05, 0.1) is 11.9 Å². The maximum absolute atomic E-state index is 12.2. The number of hydrogen-bond acceptors (Lipinski definition) is 3. The van der Waals surface area contributed by atoms with Gasteiger partial charge >= 0.3 is 0 Å². The summed E-state index contributed by atoms with van der Waals surface area (Å²) in [6.45, 7) is 7.54. The van der Waals surface area contributed by atoms with Crippen LogP contribution in [0, 0.1) is 11.3 Å². The second-order valence-electron chi connectivity index (χ2n) is 7.12. The number of likely N-dealkylation sites (tertiary alicyclic amines) is 1. The summed E-state index contributed by atoms with van der Waals surface area (Å²) < 4.78 is 0. The van der Waals surface area contributed by atoms with E-state index >= 15 is 0 Å². The fraction of sp³-hybridized carbons (Fsp3) is 0.588. The Morgan fingerprint density at radius 1 is 1.32 bits per heavy atom. The number of carbonyl (C=O) groups is 2. The third-order valence-corrected chi connectivity index (χ3v) is 3.83. The van der Waals surface area contributed by atoms with Crippen LogP contribution in [-0.2, 0) is 9.59 Å². The van der Waals surface area contributed by atoms with Gasteiger partial charge in [-0.05, 0) is 30.4 Å². The summed E-state index contributed by atoms with van der Waals surface area (Å²) in [7, 11) is 0. The lowest BCUT2D eigenvalue weighted by molar-refractivity contribution is -0.136. The number of nitrogens with zero attached hydrogens (tertiary/aromatic N) is 2. The molecule has 1 saturated heterocycles. The Bertz CT molecular complexity index is 514. The number of pyridine rings is 1. The van der Waals surface area contributed by atoms with E-state index in [2.05, 4.69) is 31.1 Å². The molecule has 0 atom stereocenters. The van der Waals surface area contributed by atoms with Crippen LogP contribution in [0.3, 0.4) is 0 Å². The number of amides is 2. The quantitative estimate of drug-likeness (QED) is 0.934. The highest BCUT2D eigenvalue weighted by molar-refractivity contribution is 5.92. The second-order valence-corrected chi connectivity index (χ2v) is 7.12. The van der Waals surface area contributed by atoms with Crippen molar-refractivity contribution >= 4 is 17.5 Å². The molecule has 5 nitrogen and oxygen atoms in total. The first-order chi connectivity index (χ1) is 10.3. The molecule has 1 N–H and O–H groups in total. The van der Waals surface area contributed by atoms with Crippen LogP contribution in [0.5, 0.6) is 0 Å². The lowest BCUT2D eigenvalue weighted by atomic mass is 9.90. The van der Waals surface area contributed by atoms with Crippen LogP contribution in [0.25, 0.3) is 0 Å². The van der Waals surface area contributed by atoms with E-state index in [1.165, 1.54) is 0 Å². The standard InChI is InChI=1S/C17H25N3O2/c1-17(2,3)11-15(21)20-9-6-13(7-10-20)16(22)19-14-5-4-8-18-12-14/h4-5,8,12-13H,6-7,9-11H2,1-3H3,(H,19,22). The normalized spacial score (nSPS) is 16.4. The molecule has 120 valence electrons. The number of rotatable bonds is 3. The predicted octanol–water partition coefficient (Wildman–Crippen LogP) is 2.69. The highest BCUT2D eigenvalue weighted by Gasteiger charge is 2.29. The van der Waals surface area contributed by atoms with Crippen LogP contribution >= 0.6 is 0 Å². The zero-order chi connectivity index (χ0) is 16.2. The van der Waals surface area contributed by atoms with Crippen LogP contribution in [0.2, 0.25) is 0 Å². The van der Waals surface area contributed by atoms with Gasteiger partial charge in [-0.15, -0.1) is 0 Å². The number of nitrogens with one attached hydrogen (secondary N) is 1. The van der Waals surface area contributed by atoms with E-state index in [0.29, 0.717) is 19.5 Å². The minimum absolute atomic E-state index is 0.00557. The minimum atomic E-state index is -0.0288. The number of hydrogen-bond donors (Lipinski definition) is 1. The van der Waals surface area contributed by atoms with Crippen LogP contribution in [0.15, 0.2) is 24.5 Å². The van der Waals surface area contributed by atoms with Gasteiger partial charge in [-0.3, -0.25) is 14.6 Å². The summed E-state index contributed by atoms with van der Waals surface area (Å²) in [6, 6.07) is 3.62. The van der Waals surface area contributed by atoms with Crippen LogP contribution in [-0.4, -0.2) is 34.8 Å². The Kier molecular flexibility index (Phi) is 5.16. The molecule has 1 fully saturated rings. The van der Waals surface area contributed by atoms with Crippen molar-refractivity contribution in [3.63, 3.8) is 0 Å². The van der Waals surface area contributed by atoms with Gasteiger partial charge in [0.1, 0.15) is 0 Å². The molecule has 2 amide bonds. The highest BCUT2D eigenvalue weighted by Crippen LogP contribution is 2.24. The van der Waals surface area contributed by atoms with E-state index in [0.717, 1.165) is 18.5 Å². The summed E-state index contributed by atoms with van der Waals surface area (Å²) in [5.74, 6) is 0.188. The molecule has 0 radical (unpaired) electrons. The van der Waals surface area contributed by atoms with Crippen LogP contribution < -0.4 is 5.32 Å². The summed E-state index contributed by atoms with van der Waals surface area (Å²) in [5.41, 5.74) is 0.727. The fourth-order valence-corrected chi connectivity index (χ4v) is 2.64. The van der Waals surface area contributed by atoms with E-state index in [4.69, 9.17) is 0 Å². The van der Waals surface area contributed by atoms with Gasteiger partial charge in [0.25, 0.3) is 0 Å². The fourth-order valence-electron chi connectivity index (χ4n) is 2.64. The van der Waals surface area contributed by atoms with Crippen molar-refractivity contribution in [2.45, 2.75) is 40.0 Å². The molecular formula is C17H25N3O2. The van der Waals surface area contributed by atoms with Gasteiger partial charge in [0.15, 0.2) is 0 Å². The van der Waals surface area contributed by atoms with Crippen molar-refractivity contribution in [3.8, 4) is 0 Å². The smallest absolute Gasteiger partial charge is 0.227 e. The lowest BCUT2D eigenvalue weighted by Gasteiger charge is -2.33. The largest absolute Gasteiger partial charge is 0.343 e. The van der Waals surface area contributed by atoms with Crippen LogP contribution in [0.1, 0.15) is 40.0 Å². The maximum atomic E-state index is 12.2. The molecule has 0 spiro atoms. The van der Waals surface area contributed by atoms with Gasteiger partial charge in [0.2, 0.25) is 11.8 Å². The minimum Gasteiger partial charge on any atom is -0.343 e. The Hall–Kier alpha value is -1.91. The first kappa shape index (κ1) is 16.5. The van der Waals surface area contributed by atoms with Crippen LogP contribution in [0.4, 0.5) is 5.69 Å². The van der Waals surface area contributed by atoms with E-state index in [1.807, 2.05) is 11.0 Å². The average molecular weight is 303 g/mol. The van der Waals surface area contributed by atoms with E-state index in [1.54, 1.807) is 18.5 Å². The number of anilines is 1. The molecule has 0 aromatic carbocycles. The molecule has 2 heterocycles. The molecular weight excluding hydrogens is 278 g/mol. The zero-order valence-electron chi connectivity index (χ0n) is 13.6. The first-order valence-electron chi connectivity index (χ1n) is 7.84. The first-order valence-corrected chi connectivity index (χ1v) is 7.84. The zero-order valence-corrected chi connectivity index (χ0v) is 13.6. The number of piperidine rings is 1. The van der Waals surface area contributed by atoms with Gasteiger partial charge in [-0.1, -0.05) is 20.8 Å². The van der Waals surface area contributed by atoms with E-state index < -0.39 is 0 Å². The summed E-state index contributed by atoms with van der Waals surface area (Å²) in [5, 5.41) is 2.89. The number of aromatic nitrogens is 1. The van der Waals surface area contributed by atoms with Crippen molar-refractivity contribution < 1.29 is 9.59 Å². The molecule has 1 aliphatic rings. The molecule has 1 aromatic rings. The molecule has 0 unspecified atom stereocenters. The summed E-state index contributed by atoms with van der Waals surface area (Å²) in [6.07, 6.45) is 5.32. The Morgan fingerprint density at radius 2 is 2.00 bits per heavy atom. The van der Waals surface area contributed by atoms with Crippen molar-refractivity contribution in [2.75, 3.05) is 18.4 Å². The van der Waals surface area contributed by atoms with E-state index in [-0.39, 0.29) is 23.1 Å². The molecule has 2 rings (SSSR count). The maximum Gasteiger partial charge on any atom is 0.227 e. The molecule has 1 aliphatic heterocycles. The van der Waals surface area contributed by atoms with Gasteiger partial charge < -0.3 is 10.2 Å². The molecule has 22 heavy (non-hydrogen) atoms. The van der Waals surface area contributed by atoms with E-state index in [9.17, 15) is 9.59 Å². The SMILES string of the molecule is CC(C)(C)CC(=O)N1CCC(C(=O)Nc2cccnc2)CC1. The molecule has 5 heteroatoms. The van der Waals surface area contributed by atoms with Crippen molar-refractivity contribution in [3.05, 3.63) is 24.5 Å². The Labute approximate surface area is 132 Å². The predicted molar refractivity (Wildman–Crippen MR) is 86.2 cm³/mol. The molecule has 1 aromatic heterocycles. The second kappa shape index (κ2) is 6.90. The topological polar surface area (TPSA) is 62.3 Å². The highest BCUT2D eigenvalue weighted by atomic mass is 16.2. The van der Waals surface area contributed by atoms with Crippen molar-refractivity contribution in [2.24, 2.45) is 11.3 Å².